The molecule has 3 N–H and O–H groups in total. The van der Waals surface area contributed by atoms with E-state index in [0.717, 1.165) is 21.7 Å². The first kappa shape index (κ1) is 24.7. The highest BCUT2D eigenvalue weighted by molar-refractivity contribution is 8.00. The van der Waals surface area contributed by atoms with Crippen molar-refractivity contribution >= 4 is 35.5 Å². The second-order valence-electron chi connectivity index (χ2n) is 7.12. The van der Waals surface area contributed by atoms with Crippen LogP contribution in [0.5, 0.6) is 17.2 Å². The van der Waals surface area contributed by atoms with Crippen LogP contribution in [0, 0.1) is 6.92 Å². The molecule has 1 unspecified atom stereocenters. The highest BCUT2D eigenvalue weighted by Crippen LogP contribution is 2.46. The van der Waals surface area contributed by atoms with Crippen LogP contribution in [0.2, 0.25) is 0 Å². The average Bonchev–Trinajstić information content (AvgIpc) is 3.27. The molecule has 1 amide bonds. The smallest absolute Gasteiger partial charge is 0.290 e. The van der Waals surface area contributed by atoms with Gasteiger partial charge in [-0.25, -0.2) is 0 Å². The number of hydrogen-bond acceptors (Lipinski definition) is 8. The van der Waals surface area contributed by atoms with Crippen molar-refractivity contribution in [3.8, 4) is 17.2 Å². The van der Waals surface area contributed by atoms with Crippen LogP contribution in [0.15, 0.2) is 53.7 Å². The van der Waals surface area contributed by atoms with E-state index in [1.54, 1.807) is 30.1 Å². The number of amides is 1. The summed E-state index contributed by atoms with van der Waals surface area (Å²) in [6, 6.07) is 11.3. The van der Waals surface area contributed by atoms with Crippen LogP contribution in [-0.4, -0.2) is 43.8 Å². The summed E-state index contributed by atoms with van der Waals surface area (Å²) in [6.07, 6.45) is 3.63. The van der Waals surface area contributed by atoms with E-state index in [9.17, 15) is 4.79 Å². The molecule has 0 fully saturated rings. The molecule has 0 saturated carbocycles. The number of carbonyl (C=O) groups is 2. The minimum atomic E-state index is -0.268. The number of hydrogen-bond donors (Lipinski definition) is 3. The second-order valence-corrected chi connectivity index (χ2v) is 8.27. The van der Waals surface area contributed by atoms with Gasteiger partial charge < -0.3 is 30.0 Å². The number of aromatic nitrogens is 1. The number of benzene rings is 2. The fourth-order valence-corrected chi connectivity index (χ4v) is 4.58. The first-order valence-corrected chi connectivity index (χ1v) is 11.0. The largest absolute Gasteiger partial charge is 0.493 e. The predicted octanol–water partition coefficient (Wildman–Crippen LogP) is 4.59. The normalized spacial score (nSPS) is 13.5. The maximum Gasteiger partial charge on any atom is 0.290 e. The van der Waals surface area contributed by atoms with Crippen LogP contribution in [0.25, 0.3) is 0 Å². The highest BCUT2D eigenvalue weighted by atomic mass is 32.2. The number of rotatable bonds is 6. The van der Waals surface area contributed by atoms with E-state index in [2.05, 4.69) is 21.7 Å². The van der Waals surface area contributed by atoms with Gasteiger partial charge in [-0.1, -0.05) is 17.8 Å². The van der Waals surface area contributed by atoms with Crippen molar-refractivity contribution in [3.63, 3.8) is 0 Å². The topological polar surface area (TPSA) is 119 Å². The van der Waals surface area contributed by atoms with Crippen molar-refractivity contribution in [2.45, 2.75) is 17.2 Å². The van der Waals surface area contributed by atoms with E-state index in [0.29, 0.717) is 28.5 Å². The van der Waals surface area contributed by atoms with Gasteiger partial charge in [-0.05, 0) is 48.4 Å². The standard InChI is InChI=1S/C23H23N3O4S.CH2O2/c1-13-7-15(23-26-17-5-6-24-12-20(17)31-23)9-16(8-13)25-22(27)14-10-18(28-2)21(30-4)19(11-14)29-3;2-1-3/h5-12,23,26H,1-4H3,(H,25,27);1H,(H,2,3). The summed E-state index contributed by atoms with van der Waals surface area (Å²) in [5.74, 6) is 1.03. The van der Waals surface area contributed by atoms with Crippen molar-refractivity contribution in [1.82, 2.24) is 4.98 Å². The number of nitrogens with zero attached hydrogens (tertiary/aromatic N) is 1. The molecule has 0 bridgehead atoms. The van der Waals surface area contributed by atoms with Crippen LogP contribution < -0.4 is 24.8 Å². The summed E-state index contributed by atoms with van der Waals surface area (Å²) in [4.78, 5) is 26.6. The van der Waals surface area contributed by atoms with Crippen molar-refractivity contribution in [1.29, 1.82) is 0 Å². The summed E-state index contributed by atoms with van der Waals surface area (Å²) >= 11 is 1.70. The zero-order chi connectivity index (χ0) is 24.7. The molecule has 1 atom stereocenters. The Hall–Kier alpha value is -3.92. The van der Waals surface area contributed by atoms with E-state index in [1.165, 1.54) is 21.3 Å². The van der Waals surface area contributed by atoms with Gasteiger partial charge >= 0.3 is 0 Å². The zero-order valence-electron chi connectivity index (χ0n) is 19.1. The molecular weight excluding hydrogens is 458 g/mol. The van der Waals surface area contributed by atoms with Crippen LogP contribution in [0.4, 0.5) is 11.4 Å². The predicted molar refractivity (Wildman–Crippen MR) is 130 cm³/mol. The van der Waals surface area contributed by atoms with E-state index in [-0.39, 0.29) is 17.8 Å². The molecule has 1 aliphatic rings. The van der Waals surface area contributed by atoms with Crippen LogP contribution in [0.1, 0.15) is 26.9 Å². The molecule has 0 spiro atoms. The third-order valence-electron chi connectivity index (χ3n) is 4.90. The number of pyridine rings is 1. The van der Waals surface area contributed by atoms with E-state index >= 15 is 0 Å². The molecule has 178 valence electrons. The van der Waals surface area contributed by atoms with Crippen LogP contribution >= 0.6 is 11.8 Å². The van der Waals surface area contributed by atoms with Crippen molar-refractivity contribution < 1.29 is 28.9 Å². The van der Waals surface area contributed by atoms with Gasteiger partial charge in [0.05, 0.1) is 31.9 Å². The highest BCUT2D eigenvalue weighted by Gasteiger charge is 2.24. The minimum Gasteiger partial charge on any atom is -0.493 e. The molecule has 0 aliphatic carbocycles. The summed E-state index contributed by atoms with van der Waals surface area (Å²) in [5, 5.41) is 13.4. The third kappa shape index (κ3) is 5.52. The maximum absolute atomic E-state index is 13.0. The molecule has 9 nitrogen and oxygen atoms in total. The summed E-state index contributed by atoms with van der Waals surface area (Å²) in [7, 11) is 4.56. The minimum absolute atomic E-state index is 0.0518. The molecule has 3 aromatic rings. The van der Waals surface area contributed by atoms with Gasteiger partial charge in [0.15, 0.2) is 11.5 Å². The number of ether oxygens (including phenoxy) is 3. The second kappa shape index (κ2) is 11.3. The van der Waals surface area contributed by atoms with Gasteiger partial charge in [-0.15, -0.1) is 0 Å². The van der Waals surface area contributed by atoms with Gasteiger partial charge in [0, 0.05) is 23.6 Å². The zero-order valence-corrected chi connectivity index (χ0v) is 19.9. The molecule has 0 radical (unpaired) electrons. The molecule has 2 aromatic carbocycles. The van der Waals surface area contributed by atoms with E-state index < -0.39 is 0 Å². The molecule has 2 heterocycles. The molecule has 4 rings (SSSR count). The quantitative estimate of drug-likeness (QED) is 0.433. The Morgan fingerprint density at radius 2 is 1.79 bits per heavy atom. The Balaban J connectivity index is 0.00000103. The Labute approximate surface area is 201 Å². The Morgan fingerprint density at radius 3 is 2.38 bits per heavy atom. The molecule has 1 aliphatic heterocycles. The molecule has 0 saturated heterocycles. The summed E-state index contributed by atoms with van der Waals surface area (Å²) in [5.41, 5.74) is 4.31. The lowest BCUT2D eigenvalue weighted by molar-refractivity contribution is -0.122. The number of anilines is 2. The third-order valence-corrected chi connectivity index (χ3v) is 6.11. The number of methoxy groups -OCH3 is 3. The Morgan fingerprint density at radius 1 is 1.12 bits per heavy atom. The number of fused-ring (bicyclic) bond motifs is 1. The van der Waals surface area contributed by atoms with Gasteiger partial charge in [-0.3, -0.25) is 14.6 Å². The maximum atomic E-state index is 13.0. The fraction of sp³-hybridized carbons (Fsp3) is 0.208. The number of thioether (sulfide) groups is 1. The van der Waals surface area contributed by atoms with E-state index in [4.69, 9.17) is 24.1 Å². The summed E-state index contributed by atoms with van der Waals surface area (Å²) < 4.78 is 16.0. The Bertz CT molecular complexity index is 1140. The lowest BCUT2D eigenvalue weighted by Crippen LogP contribution is -2.13. The van der Waals surface area contributed by atoms with Gasteiger partial charge in [-0.2, -0.15) is 0 Å². The first-order chi connectivity index (χ1) is 16.4. The van der Waals surface area contributed by atoms with Crippen LogP contribution in [-0.2, 0) is 4.79 Å². The lowest BCUT2D eigenvalue weighted by atomic mass is 10.1. The average molecular weight is 484 g/mol. The van der Waals surface area contributed by atoms with E-state index in [1.807, 2.05) is 31.3 Å². The number of carbonyl (C=O) groups excluding carboxylic acids is 1. The Kier molecular flexibility index (Phi) is 8.20. The lowest BCUT2D eigenvalue weighted by Gasteiger charge is -2.16. The first-order valence-electron chi connectivity index (χ1n) is 10.1. The monoisotopic (exact) mass is 483 g/mol. The molecule has 34 heavy (non-hydrogen) atoms. The molecule has 10 heteroatoms. The number of nitrogens with one attached hydrogen (secondary N) is 2. The number of carboxylic acid groups (broad SMARTS) is 1. The fourth-order valence-electron chi connectivity index (χ4n) is 3.49. The van der Waals surface area contributed by atoms with Gasteiger partial charge in [0.1, 0.15) is 5.37 Å². The molecule has 1 aromatic heterocycles. The number of aryl methyl sites for hydroxylation is 1. The van der Waals surface area contributed by atoms with Crippen molar-refractivity contribution in [2.75, 3.05) is 32.0 Å². The van der Waals surface area contributed by atoms with Crippen molar-refractivity contribution in [2.24, 2.45) is 0 Å². The van der Waals surface area contributed by atoms with Crippen molar-refractivity contribution in [3.05, 3.63) is 65.5 Å². The SMILES string of the molecule is COc1cc(C(=O)Nc2cc(C)cc(C3Nc4ccncc4S3)c2)cc(OC)c1OC.O=CO. The van der Waals surface area contributed by atoms with Crippen LogP contribution in [0.3, 0.4) is 0 Å². The summed E-state index contributed by atoms with van der Waals surface area (Å²) in [6.45, 7) is 1.76. The molecular formula is C24H25N3O6S. The van der Waals surface area contributed by atoms with Gasteiger partial charge in [0.2, 0.25) is 5.75 Å². The van der Waals surface area contributed by atoms with Gasteiger partial charge in [0.25, 0.3) is 12.4 Å².